The van der Waals surface area contributed by atoms with E-state index in [9.17, 15) is 9.59 Å². The standard InChI is InChI=1S/C21H27N7O4/c1-13-23-19(32-26-13)14-7-9-28-16(10-14)24-25-17(28)11-22-18(29)15-6-5-8-27(12-15)20(30)31-21(2,3)4/h7,9-10,15H,5-6,8,11-12H2,1-4H3,(H,22,29)/t15-/m0/s1. The zero-order chi connectivity index (χ0) is 22.9. The second kappa shape index (κ2) is 8.56. The molecule has 2 amide bonds. The summed E-state index contributed by atoms with van der Waals surface area (Å²) >= 11 is 0. The number of hydrogen-bond donors (Lipinski definition) is 1. The highest BCUT2D eigenvalue weighted by atomic mass is 16.6. The Morgan fingerprint density at radius 2 is 2.12 bits per heavy atom. The van der Waals surface area contributed by atoms with E-state index in [1.807, 2.05) is 26.8 Å². The van der Waals surface area contributed by atoms with Crippen molar-refractivity contribution in [2.75, 3.05) is 13.1 Å². The number of fused-ring (bicyclic) bond motifs is 1. The third kappa shape index (κ3) is 4.87. The van der Waals surface area contributed by atoms with Crippen LogP contribution in [-0.4, -0.2) is 60.3 Å². The number of nitrogens with one attached hydrogen (secondary N) is 1. The molecule has 4 heterocycles. The molecule has 3 aromatic rings. The molecule has 0 radical (unpaired) electrons. The lowest BCUT2D eigenvalue weighted by molar-refractivity contribution is -0.126. The molecular weight excluding hydrogens is 414 g/mol. The number of aryl methyl sites for hydroxylation is 1. The van der Waals surface area contributed by atoms with Crippen LogP contribution in [0.1, 0.15) is 45.3 Å². The SMILES string of the molecule is Cc1noc(-c2ccn3c(CNC(=O)[C@H]4CCCN(C(=O)OC(C)(C)C)C4)nnc3c2)n1. The minimum atomic E-state index is -0.566. The Kier molecular flexibility index (Phi) is 5.81. The van der Waals surface area contributed by atoms with E-state index in [0.29, 0.717) is 36.3 Å². The number of carbonyl (C=O) groups is 2. The first-order valence-electron chi connectivity index (χ1n) is 10.6. The number of aromatic nitrogens is 5. The monoisotopic (exact) mass is 441 g/mol. The van der Waals surface area contributed by atoms with Gasteiger partial charge in [0.15, 0.2) is 17.3 Å². The number of carbonyl (C=O) groups excluding carboxylic acids is 2. The Balaban J connectivity index is 1.38. The van der Waals surface area contributed by atoms with Crippen molar-refractivity contribution < 1.29 is 18.8 Å². The van der Waals surface area contributed by atoms with Crippen molar-refractivity contribution in [3.8, 4) is 11.5 Å². The van der Waals surface area contributed by atoms with Crippen molar-refractivity contribution in [1.82, 2.24) is 35.0 Å². The summed E-state index contributed by atoms with van der Waals surface area (Å²) in [6, 6.07) is 3.62. The van der Waals surface area contributed by atoms with Crippen LogP contribution < -0.4 is 5.32 Å². The fourth-order valence-corrected chi connectivity index (χ4v) is 3.60. The Morgan fingerprint density at radius 1 is 1.31 bits per heavy atom. The lowest BCUT2D eigenvalue weighted by Crippen LogP contribution is -2.47. The van der Waals surface area contributed by atoms with Crippen LogP contribution in [0, 0.1) is 12.8 Å². The molecule has 32 heavy (non-hydrogen) atoms. The molecule has 170 valence electrons. The fourth-order valence-electron chi connectivity index (χ4n) is 3.60. The van der Waals surface area contributed by atoms with Crippen molar-refractivity contribution in [3.63, 3.8) is 0 Å². The van der Waals surface area contributed by atoms with Crippen LogP contribution in [0.2, 0.25) is 0 Å². The Morgan fingerprint density at radius 3 is 2.84 bits per heavy atom. The second-order valence-electron chi connectivity index (χ2n) is 8.89. The number of pyridine rings is 1. The molecule has 0 aromatic carbocycles. The van der Waals surface area contributed by atoms with Crippen molar-refractivity contribution in [2.24, 2.45) is 5.92 Å². The van der Waals surface area contributed by atoms with Crippen molar-refractivity contribution in [2.45, 2.75) is 52.7 Å². The van der Waals surface area contributed by atoms with E-state index in [2.05, 4.69) is 25.7 Å². The predicted octanol–water partition coefficient (Wildman–Crippen LogP) is 2.35. The number of hydrogen-bond acceptors (Lipinski definition) is 8. The van der Waals surface area contributed by atoms with E-state index in [1.54, 1.807) is 28.5 Å². The van der Waals surface area contributed by atoms with Gasteiger partial charge in [0.05, 0.1) is 12.5 Å². The number of ether oxygens (including phenoxy) is 1. The van der Waals surface area contributed by atoms with Gasteiger partial charge in [-0.3, -0.25) is 9.20 Å². The topological polar surface area (TPSA) is 128 Å². The fraction of sp³-hybridized carbons (Fsp3) is 0.524. The Labute approximate surface area is 185 Å². The number of piperidine rings is 1. The van der Waals surface area contributed by atoms with E-state index < -0.39 is 5.60 Å². The minimum Gasteiger partial charge on any atom is -0.444 e. The zero-order valence-corrected chi connectivity index (χ0v) is 18.7. The Bertz CT molecular complexity index is 1130. The molecule has 1 atom stereocenters. The molecule has 11 nitrogen and oxygen atoms in total. The summed E-state index contributed by atoms with van der Waals surface area (Å²) in [5.41, 5.74) is 0.783. The van der Waals surface area contributed by atoms with E-state index >= 15 is 0 Å². The molecule has 1 aliphatic heterocycles. The Hall–Kier alpha value is -3.50. The minimum absolute atomic E-state index is 0.118. The average molecular weight is 441 g/mol. The van der Waals surface area contributed by atoms with Gasteiger partial charge in [-0.15, -0.1) is 10.2 Å². The van der Waals surface area contributed by atoms with E-state index in [0.717, 1.165) is 18.4 Å². The molecule has 4 rings (SSSR count). The number of nitrogens with zero attached hydrogens (tertiary/aromatic N) is 6. The van der Waals surface area contributed by atoms with E-state index in [1.165, 1.54) is 0 Å². The van der Waals surface area contributed by atoms with Crippen LogP contribution in [-0.2, 0) is 16.1 Å². The average Bonchev–Trinajstić information content (AvgIpc) is 3.36. The quantitative estimate of drug-likeness (QED) is 0.653. The molecule has 0 spiro atoms. The van der Waals surface area contributed by atoms with Crippen molar-refractivity contribution >= 4 is 17.6 Å². The van der Waals surface area contributed by atoms with Gasteiger partial charge in [0.25, 0.3) is 5.89 Å². The van der Waals surface area contributed by atoms with E-state index in [4.69, 9.17) is 9.26 Å². The molecular formula is C21H27N7O4. The lowest BCUT2D eigenvalue weighted by Gasteiger charge is -2.33. The highest BCUT2D eigenvalue weighted by Gasteiger charge is 2.31. The smallest absolute Gasteiger partial charge is 0.410 e. The van der Waals surface area contributed by atoms with Gasteiger partial charge in [0, 0.05) is 24.8 Å². The van der Waals surface area contributed by atoms with Crippen molar-refractivity contribution in [3.05, 3.63) is 30.0 Å². The van der Waals surface area contributed by atoms with Gasteiger partial charge in [-0.25, -0.2) is 4.79 Å². The van der Waals surface area contributed by atoms with Gasteiger partial charge >= 0.3 is 6.09 Å². The van der Waals surface area contributed by atoms with Gasteiger partial charge in [0.1, 0.15) is 5.60 Å². The maximum atomic E-state index is 12.7. The van der Waals surface area contributed by atoms with Gasteiger partial charge < -0.3 is 19.5 Å². The third-order valence-corrected chi connectivity index (χ3v) is 5.12. The van der Waals surface area contributed by atoms with Gasteiger partial charge in [0.2, 0.25) is 5.91 Å². The first-order chi connectivity index (χ1) is 15.2. The summed E-state index contributed by atoms with van der Waals surface area (Å²) < 4.78 is 12.4. The van der Waals surface area contributed by atoms with Gasteiger partial charge in [-0.05, 0) is 52.7 Å². The first-order valence-corrected chi connectivity index (χ1v) is 10.6. The van der Waals surface area contributed by atoms with Crippen LogP contribution in [0.15, 0.2) is 22.9 Å². The van der Waals surface area contributed by atoms with Crippen molar-refractivity contribution in [1.29, 1.82) is 0 Å². The molecule has 1 aliphatic rings. The molecule has 0 aliphatic carbocycles. The maximum Gasteiger partial charge on any atom is 0.410 e. The van der Waals surface area contributed by atoms with Crippen LogP contribution in [0.4, 0.5) is 4.79 Å². The molecule has 11 heteroatoms. The lowest BCUT2D eigenvalue weighted by atomic mass is 9.97. The molecule has 0 bridgehead atoms. The normalized spacial score (nSPS) is 16.9. The summed E-state index contributed by atoms with van der Waals surface area (Å²) in [5.74, 6) is 1.16. The largest absolute Gasteiger partial charge is 0.444 e. The summed E-state index contributed by atoms with van der Waals surface area (Å²) in [5, 5.41) is 15.1. The summed E-state index contributed by atoms with van der Waals surface area (Å²) in [6.07, 6.45) is 2.89. The molecule has 3 aromatic heterocycles. The first kappa shape index (κ1) is 21.7. The van der Waals surface area contributed by atoms with Crippen LogP contribution in [0.5, 0.6) is 0 Å². The maximum absolute atomic E-state index is 12.7. The van der Waals surface area contributed by atoms with Gasteiger partial charge in [-0.1, -0.05) is 5.16 Å². The summed E-state index contributed by atoms with van der Waals surface area (Å²) in [6.45, 7) is 8.39. The molecule has 0 saturated carbocycles. The predicted molar refractivity (Wildman–Crippen MR) is 113 cm³/mol. The molecule has 0 unspecified atom stereocenters. The highest BCUT2D eigenvalue weighted by Crippen LogP contribution is 2.21. The molecule has 1 N–H and O–H groups in total. The third-order valence-electron chi connectivity index (χ3n) is 5.12. The van der Waals surface area contributed by atoms with Crippen LogP contribution >= 0.6 is 0 Å². The number of amides is 2. The zero-order valence-electron chi connectivity index (χ0n) is 18.7. The number of rotatable bonds is 4. The van der Waals surface area contributed by atoms with Crippen LogP contribution in [0.25, 0.3) is 17.1 Å². The second-order valence-corrected chi connectivity index (χ2v) is 8.89. The van der Waals surface area contributed by atoms with Gasteiger partial charge in [-0.2, -0.15) is 4.98 Å². The summed E-state index contributed by atoms with van der Waals surface area (Å²) in [4.78, 5) is 30.9. The van der Waals surface area contributed by atoms with E-state index in [-0.39, 0.29) is 24.5 Å². The summed E-state index contributed by atoms with van der Waals surface area (Å²) in [7, 11) is 0. The number of likely N-dealkylation sites (tertiary alicyclic amines) is 1. The molecule has 1 fully saturated rings. The van der Waals surface area contributed by atoms with Crippen LogP contribution in [0.3, 0.4) is 0 Å². The molecule has 1 saturated heterocycles. The highest BCUT2D eigenvalue weighted by molar-refractivity contribution is 5.80.